The third-order valence-corrected chi connectivity index (χ3v) is 9.77. The number of hydroxylamine groups is 4. The summed E-state index contributed by atoms with van der Waals surface area (Å²) in [5.41, 5.74) is 0. The van der Waals surface area contributed by atoms with Crippen LogP contribution in [0.1, 0.15) is 62.3 Å². The minimum atomic E-state index is -1.74. The molecule has 0 unspecified atom stereocenters. The van der Waals surface area contributed by atoms with Gasteiger partial charge >= 0.3 is 53.7 Å². The molecule has 0 amide bonds. The maximum atomic E-state index is 12.9. The maximum Gasteiger partial charge on any atom is 0.303 e. The highest BCUT2D eigenvalue weighted by molar-refractivity contribution is 5.71. The lowest BCUT2D eigenvalue weighted by Gasteiger charge is -2.50. The minimum Gasteiger partial charge on any atom is -0.456 e. The number of methoxy groups -OCH3 is 1. The van der Waals surface area contributed by atoms with E-state index in [-0.39, 0.29) is 0 Å². The molecule has 3 rings (SSSR count). The molecule has 0 aromatic rings. The maximum absolute atomic E-state index is 12.9. The average molecular weight is 982 g/mol. The van der Waals surface area contributed by atoms with Crippen LogP contribution in [0.15, 0.2) is 5.16 Å². The van der Waals surface area contributed by atoms with Crippen LogP contribution in [0.2, 0.25) is 0 Å². The molecule has 15 atom stereocenters. The summed E-state index contributed by atoms with van der Waals surface area (Å²) in [6.45, 7) is 8.15. The number of nitrogens with zero attached hydrogens (tertiary/aromatic N) is 3. The Kier molecular flexibility index (Phi) is 21.9. The van der Waals surface area contributed by atoms with Crippen molar-refractivity contribution in [2.45, 2.75) is 154 Å². The number of carbonyl (C=O) groups excluding carboxylic acids is 9. The van der Waals surface area contributed by atoms with Crippen molar-refractivity contribution >= 4 is 59.9 Å². The molecular weight excluding hydrogens is 922 g/mol. The van der Waals surface area contributed by atoms with Gasteiger partial charge in [-0.1, -0.05) is 5.16 Å². The van der Waals surface area contributed by atoms with Gasteiger partial charge in [0.1, 0.15) is 25.4 Å². The fraction of sp³-hybridized carbons (Fsp3) is 0.750. The fourth-order valence-electron chi connectivity index (χ4n) is 7.65. The Morgan fingerprint density at radius 2 is 0.721 bits per heavy atom. The molecule has 3 aliphatic rings. The van der Waals surface area contributed by atoms with Crippen LogP contribution >= 0.6 is 0 Å². The van der Waals surface area contributed by atoms with Crippen molar-refractivity contribution in [1.82, 2.24) is 10.1 Å². The molecule has 3 fully saturated rings. The quantitative estimate of drug-likeness (QED) is 0.0583. The number of rotatable bonds is 20. The van der Waals surface area contributed by atoms with E-state index in [0.717, 1.165) is 92.9 Å². The van der Waals surface area contributed by atoms with Gasteiger partial charge in [0.15, 0.2) is 73.7 Å². The summed E-state index contributed by atoms with van der Waals surface area (Å²) in [7, 11) is 4.67. The summed E-state index contributed by atoms with van der Waals surface area (Å²) in [6, 6.07) is 0. The third kappa shape index (κ3) is 15.7. The van der Waals surface area contributed by atoms with Gasteiger partial charge < -0.3 is 66.4 Å². The van der Waals surface area contributed by atoms with Gasteiger partial charge in [0, 0.05) is 69.4 Å². The van der Waals surface area contributed by atoms with E-state index >= 15 is 0 Å². The Bertz CT molecular complexity index is 1830. The minimum absolute atomic E-state index is 0.574. The van der Waals surface area contributed by atoms with Gasteiger partial charge in [-0.3, -0.25) is 52.8 Å². The summed E-state index contributed by atoms with van der Waals surface area (Å²) in [5, 5.41) is 5.72. The second-order valence-electron chi connectivity index (χ2n) is 15.0. The smallest absolute Gasteiger partial charge is 0.303 e. The van der Waals surface area contributed by atoms with Gasteiger partial charge in [0.2, 0.25) is 0 Å². The van der Waals surface area contributed by atoms with E-state index in [0.29, 0.717) is 0 Å². The molecule has 0 N–H and O–H groups in total. The molecule has 0 aliphatic carbocycles. The van der Waals surface area contributed by atoms with Crippen molar-refractivity contribution < 1.29 is 119 Å². The average Bonchev–Trinajstić information content (AvgIpc) is 3.22. The van der Waals surface area contributed by atoms with Crippen LogP contribution in [0, 0.1) is 0 Å². The first-order valence-corrected chi connectivity index (χ1v) is 20.7. The highest BCUT2D eigenvalue weighted by Crippen LogP contribution is 2.36. The zero-order chi connectivity index (χ0) is 51.2. The first-order valence-electron chi connectivity index (χ1n) is 20.7. The molecule has 68 heavy (non-hydrogen) atoms. The molecule has 0 radical (unpaired) electrons. The van der Waals surface area contributed by atoms with Gasteiger partial charge in [-0.05, 0) is 0 Å². The topological polar surface area (TPSA) is 320 Å². The lowest BCUT2D eigenvalue weighted by atomic mass is 9.94. The zero-order valence-electron chi connectivity index (χ0n) is 39.7. The fourth-order valence-corrected chi connectivity index (χ4v) is 7.65. The van der Waals surface area contributed by atoms with Crippen LogP contribution in [0.3, 0.4) is 0 Å². The predicted molar refractivity (Wildman–Crippen MR) is 216 cm³/mol. The number of esters is 9. The van der Waals surface area contributed by atoms with E-state index in [1.54, 1.807) is 0 Å². The third-order valence-electron chi connectivity index (χ3n) is 9.77. The number of hydrogen-bond acceptors (Lipinski definition) is 28. The van der Waals surface area contributed by atoms with E-state index in [2.05, 4.69) is 5.16 Å². The standard InChI is InChI=1S/C40H59N3O25/c1-17(44)57-29-26(14-41-54-11)66-38(35(63-23(7)50)32(29)60-20(4)47)42(55-12)15-27-30(58-18(2)45)33(61-21(5)48)36(64-24(8)51)39(67-27)43(56-13)16-28-31(59-19(3)46)34(62-22(6)49)37(65-25(9)52)40(53-10)68-28/h14,26-40H,15-16H2,1-13H3/b41-14-/t26-,27-,28-,29-,30-,31-,32+,33+,34+,35-,36-,37-,38-,39-,40+/m1/s1. The molecule has 0 spiro atoms. The molecule has 0 saturated carbocycles. The van der Waals surface area contributed by atoms with Crippen LogP contribution < -0.4 is 0 Å². The highest BCUT2D eigenvalue weighted by Gasteiger charge is 2.59. The second kappa shape index (κ2) is 26.2. The Morgan fingerprint density at radius 3 is 1.09 bits per heavy atom. The van der Waals surface area contributed by atoms with Gasteiger partial charge in [0.25, 0.3) is 0 Å². The van der Waals surface area contributed by atoms with Crippen molar-refractivity contribution in [1.29, 1.82) is 0 Å². The Labute approximate surface area is 390 Å². The predicted octanol–water partition coefficient (Wildman–Crippen LogP) is -1.45. The highest BCUT2D eigenvalue weighted by atomic mass is 16.8. The normalized spacial score (nSPS) is 31.4. The molecule has 28 nitrogen and oxygen atoms in total. The summed E-state index contributed by atoms with van der Waals surface area (Å²) in [5.74, 6) is -8.16. The Morgan fingerprint density at radius 1 is 0.412 bits per heavy atom. The van der Waals surface area contributed by atoms with Crippen LogP contribution in [-0.4, -0.2) is 204 Å². The van der Waals surface area contributed by atoms with E-state index < -0.39 is 159 Å². The first-order chi connectivity index (χ1) is 32.0. The lowest BCUT2D eigenvalue weighted by Crippen LogP contribution is -2.70. The largest absolute Gasteiger partial charge is 0.456 e. The van der Waals surface area contributed by atoms with Crippen molar-refractivity contribution in [3.8, 4) is 0 Å². The first kappa shape index (κ1) is 56.7. The molecule has 0 aromatic carbocycles. The number of hydrogen-bond donors (Lipinski definition) is 0. The van der Waals surface area contributed by atoms with Crippen LogP contribution in [0.5, 0.6) is 0 Å². The van der Waals surface area contributed by atoms with Gasteiger partial charge in [0.05, 0.1) is 33.5 Å². The van der Waals surface area contributed by atoms with E-state index in [1.807, 2.05) is 0 Å². The molecule has 0 bridgehead atoms. The van der Waals surface area contributed by atoms with E-state index in [1.165, 1.54) is 14.2 Å². The Balaban J connectivity index is 2.28. The number of ether oxygens (including phenoxy) is 13. The van der Waals surface area contributed by atoms with Crippen molar-refractivity contribution in [3.05, 3.63) is 0 Å². The van der Waals surface area contributed by atoms with E-state index in [9.17, 15) is 43.2 Å². The molecular formula is C40H59N3O25. The van der Waals surface area contributed by atoms with Gasteiger partial charge in [-0.15, -0.1) is 0 Å². The van der Waals surface area contributed by atoms with Gasteiger partial charge in [-0.25, -0.2) is 0 Å². The molecule has 3 heterocycles. The SMILES string of the molecule is CO/N=C\[C@H]1O[C@@H](N(C[C@H]2O[C@@H](N(C[C@H]3O[C@H](OC)[C@H](OC(C)=O)[C@@H](OC(C)=O)[C@@H]3OC(C)=O)OC)[C@H](OC(C)=O)[C@@H](OC(C)=O)[C@@H]2OC(C)=O)OC)[C@H](OC(C)=O)[C@@H](OC(C)=O)[C@@H]1OC(C)=O. The van der Waals surface area contributed by atoms with Crippen molar-refractivity contribution in [2.24, 2.45) is 5.16 Å². The Hall–Kier alpha value is -5.62. The van der Waals surface area contributed by atoms with Gasteiger partial charge in [-0.2, -0.15) is 10.1 Å². The number of carbonyl (C=O) groups is 9. The summed E-state index contributed by atoms with van der Waals surface area (Å²) in [6.07, 6.45) is -22.8. The molecule has 3 saturated heterocycles. The monoisotopic (exact) mass is 981 g/mol. The van der Waals surface area contributed by atoms with Crippen LogP contribution in [-0.2, 0) is 119 Å². The van der Waals surface area contributed by atoms with Crippen LogP contribution in [0.4, 0.5) is 0 Å². The molecule has 0 aromatic heterocycles. The zero-order valence-corrected chi connectivity index (χ0v) is 39.7. The summed E-state index contributed by atoms with van der Waals surface area (Å²) in [4.78, 5) is 130. The summed E-state index contributed by atoms with van der Waals surface area (Å²) >= 11 is 0. The second-order valence-corrected chi connectivity index (χ2v) is 15.0. The molecule has 28 heteroatoms. The van der Waals surface area contributed by atoms with Crippen molar-refractivity contribution in [3.63, 3.8) is 0 Å². The molecule has 3 aliphatic heterocycles. The van der Waals surface area contributed by atoms with E-state index in [4.69, 9.17) is 76.1 Å². The molecule has 384 valence electrons. The van der Waals surface area contributed by atoms with Crippen LogP contribution in [0.25, 0.3) is 0 Å². The number of oxime groups is 1. The summed E-state index contributed by atoms with van der Waals surface area (Å²) < 4.78 is 74.8. The lowest BCUT2D eigenvalue weighted by molar-refractivity contribution is -0.362. The van der Waals surface area contributed by atoms with Crippen molar-refractivity contribution in [2.75, 3.05) is 41.5 Å².